The molecule has 0 aromatic rings. The number of rotatable bonds is 5. The van der Waals surface area contributed by atoms with Gasteiger partial charge in [-0.25, -0.2) is 0 Å². The van der Waals surface area contributed by atoms with Gasteiger partial charge in [0, 0.05) is 20.6 Å². The molecule has 4 heteroatoms. The predicted octanol–water partition coefficient (Wildman–Crippen LogP) is 1.30. The third-order valence-electron chi connectivity index (χ3n) is 2.72. The maximum absolute atomic E-state index is 10.1. The van der Waals surface area contributed by atoms with Crippen LogP contribution in [0.25, 0.3) is 0 Å². The van der Waals surface area contributed by atoms with E-state index in [0.29, 0.717) is 0 Å². The first-order valence-electron chi connectivity index (χ1n) is 4.50. The Morgan fingerprint density at radius 1 is 1.29 bits per heavy atom. The lowest BCUT2D eigenvalue weighted by Crippen LogP contribution is -2.44. The van der Waals surface area contributed by atoms with E-state index in [9.17, 15) is 5.11 Å². The summed E-state index contributed by atoms with van der Waals surface area (Å²) < 4.78 is 9.97. The quantitative estimate of drug-likeness (QED) is 0.681. The minimum absolute atomic E-state index is 0.264. The zero-order valence-corrected chi connectivity index (χ0v) is 9.50. The molecule has 0 spiro atoms. The van der Waals surface area contributed by atoms with Crippen LogP contribution in [-0.2, 0) is 9.47 Å². The fraction of sp³-hybridized carbons (Fsp3) is 0.900. The molecule has 14 heavy (non-hydrogen) atoms. The molecule has 0 amide bonds. The smallest absolute Gasteiger partial charge is 0.159 e. The van der Waals surface area contributed by atoms with E-state index in [1.165, 1.54) is 14.2 Å². The van der Waals surface area contributed by atoms with Crippen molar-refractivity contribution in [1.29, 1.82) is 5.26 Å². The van der Waals surface area contributed by atoms with Crippen LogP contribution < -0.4 is 0 Å². The molecular weight excluding hydrogens is 182 g/mol. The molecule has 0 aliphatic heterocycles. The molecule has 0 saturated heterocycles. The summed E-state index contributed by atoms with van der Waals surface area (Å²) in [5, 5.41) is 19.0. The maximum atomic E-state index is 10.1. The van der Waals surface area contributed by atoms with Gasteiger partial charge in [0.1, 0.15) is 0 Å². The Bertz CT molecular complexity index is 214. The number of nitriles is 1. The van der Waals surface area contributed by atoms with Crippen molar-refractivity contribution in [1.82, 2.24) is 0 Å². The summed E-state index contributed by atoms with van der Waals surface area (Å²) in [7, 11) is 3.01. The van der Waals surface area contributed by atoms with Crippen molar-refractivity contribution < 1.29 is 14.6 Å². The Morgan fingerprint density at radius 2 is 1.71 bits per heavy atom. The summed E-state index contributed by atoms with van der Waals surface area (Å²) in [6.45, 7) is 4.99. The third kappa shape index (κ3) is 2.95. The second-order valence-corrected chi connectivity index (χ2v) is 4.12. The van der Waals surface area contributed by atoms with E-state index in [1.54, 1.807) is 20.8 Å². The summed E-state index contributed by atoms with van der Waals surface area (Å²) in [4.78, 5) is 0. The van der Waals surface area contributed by atoms with Gasteiger partial charge < -0.3 is 14.6 Å². The number of ether oxygens (including phenoxy) is 2. The largest absolute Gasteiger partial charge is 0.388 e. The van der Waals surface area contributed by atoms with Crippen molar-refractivity contribution in [3.8, 4) is 6.07 Å². The highest BCUT2D eigenvalue weighted by atomic mass is 16.7. The fourth-order valence-electron chi connectivity index (χ4n) is 0.963. The Hall–Kier alpha value is -0.630. The lowest BCUT2D eigenvalue weighted by atomic mass is 9.75. The highest BCUT2D eigenvalue weighted by molar-refractivity contribution is 5.04. The number of hydrogen-bond acceptors (Lipinski definition) is 4. The summed E-state index contributed by atoms with van der Waals surface area (Å²) in [6, 6.07) is 2.07. The van der Waals surface area contributed by atoms with Crippen LogP contribution in [0.2, 0.25) is 0 Å². The molecule has 0 rings (SSSR count). The predicted molar refractivity (Wildman–Crippen MR) is 52.4 cm³/mol. The number of aliphatic hydroxyl groups is 1. The first-order valence-corrected chi connectivity index (χ1v) is 4.50. The molecule has 0 saturated carbocycles. The van der Waals surface area contributed by atoms with Gasteiger partial charge in [-0.05, 0) is 20.8 Å². The van der Waals surface area contributed by atoms with Gasteiger partial charge in [0.05, 0.1) is 17.1 Å². The highest BCUT2D eigenvalue weighted by Gasteiger charge is 2.41. The van der Waals surface area contributed by atoms with Crippen molar-refractivity contribution in [3.05, 3.63) is 0 Å². The van der Waals surface area contributed by atoms with Gasteiger partial charge in [-0.15, -0.1) is 0 Å². The Balaban J connectivity index is 4.56. The summed E-state index contributed by atoms with van der Waals surface area (Å²) in [6.07, 6.45) is -0.224. The summed E-state index contributed by atoms with van der Waals surface area (Å²) >= 11 is 0. The molecule has 0 aliphatic carbocycles. The topological polar surface area (TPSA) is 62.5 Å². The number of nitrogens with zero attached hydrogens (tertiary/aromatic N) is 1. The molecule has 0 radical (unpaired) electrons. The lowest BCUT2D eigenvalue weighted by Gasteiger charge is -2.36. The lowest BCUT2D eigenvalue weighted by molar-refractivity contribution is -0.157. The molecule has 1 atom stereocenters. The van der Waals surface area contributed by atoms with Crippen LogP contribution in [0.5, 0.6) is 0 Å². The van der Waals surface area contributed by atoms with Crippen molar-refractivity contribution in [3.63, 3.8) is 0 Å². The van der Waals surface area contributed by atoms with E-state index in [2.05, 4.69) is 6.07 Å². The second kappa shape index (κ2) is 4.74. The first kappa shape index (κ1) is 13.4. The SMILES string of the molecule is COC(CC(C)(O)C(C)(C)C#N)OC. The molecule has 0 heterocycles. The van der Waals surface area contributed by atoms with Gasteiger partial charge >= 0.3 is 0 Å². The summed E-state index contributed by atoms with van der Waals surface area (Å²) in [5.41, 5.74) is -1.97. The Labute approximate surface area is 85.4 Å². The molecule has 0 aromatic heterocycles. The van der Waals surface area contributed by atoms with Gasteiger partial charge in [0.15, 0.2) is 6.29 Å². The normalized spacial score (nSPS) is 16.4. The highest BCUT2D eigenvalue weighted by Crippen LogP contribution is 2.34. The van der Waals surface area contributed by atoms with Gasteiger partial charge in [-0.1, -0.05) is 0 Å². The minimum Gasteiger partial charge on any atom is -0.388 e. The van der Waals surface area contributed by atoms with Gasteiger partial charge in [-0.3, -0.25) is 0 Å². The van der Waals surface area contributed by atoms with Crippen molar-refractivity contribution in [2.75, 3.05) is 14.2 Å². The monoisotopic (exact) mass is 201 g/mol. The molecule has 0 aliphatic rings. The number of hydrogen-bond donors (Lipinski definition) is 1. The Kier molecular flexibility index (Phi) is 4.53. The van der Waals surface area contributed by atoms with Crippen molar-refractivity contribution in [2.45, 2.75) is 39.1 Å². The van der Waals surface area contributed by atoms with Crippen LogP contribution in [-0.4, -0.2) is 31.2 Å². The third-order valence-corrected chi connectivity index (χ3v) is 2.72. The average Bonchev–Trinajstić information content (AvgIpc) is 2.13. The zero-order valence-electron chi connectivity index (χ0n) is 9.50. The standard InChI is InChI=1S/C10H19NO3/c1-9(2,7-11)10(3,12)6-8(13-4)14-5/h8,12H,6H2,1-5H3. The van der Waals surface area contributed by atoms with Crippen LogP contribution in [0, 0.1) is 16.7 Å². The van der Waals surface area contributed by atoms with Gasteiger partial charge in [-0.2, -0.15) is 5.26 Å². The molecular formula is C10H19NO3. The van der Waals surface area contributed by atoms with Gasteiger partial charge in [0.2, 0.25) is 0 Å². The molecule has 0 aromatic carbocycles. The summed E-state index contributed by atoms with van der Waals surface area (Å²) in [5.74, 6) is 0. The van der Waals surface area contributed by atoms with E-state index in [-0.39, 0.29) is 6.42 Å². The van der Waals surface area contributed by atoms with Crippen LogP contribution in [0.1, 0.15) is 27.2 Å². The molecule has 4 nitrogen and oxygen atoms in total. The second-order valence-electron chi connectivity index (χ2n) is 4.12. The van der Waals surface area contributed by atoms with Crippen molar-refractivity contribution >= 4 is 0 Å². The van der Waals surface area contributed by atoms with E-state index >= 15 is 0 Å². The maximum Gasteiger partial charge on any atom is 0.159 e. The Morgan fingerprint density at radius 3 is 2.00 bits per heavy atom. The van der Waals surface area contributed by atoms with Crippen LogP contribution in [0.4, 0.5) is 0 Å². The average molecular weight is 201 g/mol. The van der Waals surface area contributed by atoms with Crippen LogP contribution >= 0.6 is 0 Å². The first-order chi connectivity index (χ1) is 6.30. The van der Waals surface area contributed by atoms with Crippen LogP contribution in [0.3, 0.4) is 0 Å². The van der Waals surface area contributed by atoms with E-state index < -0.39 is 17.3 Å². The molecule has 82 valence electrons. The van der Waals surface area contributed by atoms with Gasteiger partial charge in [0.25, 0.3) is 0 Å². The van der Waals surface area contributed by atoms with Crippen molar-refractivity contribution in [2.24, 2.45) is 5.41 Å². The van der Waals surface area contributed by atoms with E-state index in [1.807, 2.05) is 0 Å². The number of methoxy groups -OCH3 is 2. The molecule has 0 bridgehead atoms. The molecule has 1 N–H and O–H groups in total. The van der Waals surface area contributed by atoms with E-state index in [4.69, 9.17) is 14.7 Å². The zero-order chi connectivity index (χ0) is 11.4. The molecule has 1 unspecified atom stereocenters. The minimum atomic E-state index is -1.14. The van der Waals surface area contributed by atoms with Crippen LogP contribution in [0.15, 0.2) is 0 Å². The van der Waals surface area contributed by atoms with E-state index in [0.717, 1.165) is 0 Å². The molecule has 0 fully saturated rings. The fourth-order valence-corrected chi connectivity index (χ4v) is 0.963.